The topological polar surface area (TPSA) is 26.3 Å². The number of aryl methyl sites for hydroxylation is 2. The summed E-state index contributed by atoms with van der Waals surface area (Å²) in [6.45, 7) is 17.6. The molecule has 1 aromatic rings. The molecule has 0 spiro atoms. The monoisotopic (exact) mass is 308 g/mol. The van der Waals surface area contributed by atoms with Crippen molar-refractivity contribution in [3.05, 3.63) is 34.9 Å². The summed E-state index contributed by atoms with van der Waals surface area (Å²) in [6, 6.07) is 6.62. The summed E-state index contributed by atoms with van der Waals surface area (Å²) in [5.41, 5.74) is 4.22. The zero-order chi connectivity index (χ0) is 17.8. The maximum absolute atomic E-state index is 10.2. The second kappa shape index (κ2) is 12.3. The number of hydrogen-bond acceptors (Lipinski definition) is 2. The lowest BCUT2D eigenvalue weighted by Crippen LogP contribution is -2.21. The standard InChI is InChI=1S/C12H18.C6H12O2.C2H6/c1-4-7-12-10(3)8-6-9-11(12)5-2;1-5(7)8-6(2,3)4;1-2/h6,8-9H,4-5,7H2,1-3H3;1-4H3;1-2H3. The molecule has 0 aliphatic carbocycles. The van der Waals surface area contributed by atoms with Crippen LogP contribution in [-0.4, -0.2) is 11.6 Å². The first kappa shape index (κ1) is 23.0. The van der Waals surface area contributed by atoms with E-state index in [1.54, 1.807) is 5.56 Å². The Balaban J connectivity index is 0. The van der Waals surface area contributed by atoms with Gasteiger partial charge < -0.3 is 4.74 Å². The molecule has 0 radical (unpaired) electrons. The van der Waals surface area contributed by atoms with Crippen LogP contribution in [0.3, 0.4) is 0 Å². The first-order valence-electron chi connectivity index (χ1n) is 8.48. The molecule has 2 nitrogen and oxygen atoms in total. The molecule has 0 bridgehead atoms. The normalized spacial score (nSPS) is 9.86. The van der Waals surface area contributed by atoms with Crippen molar-refractivity contribution in [2.24, 2.45) is 0 Å². The molecule has 0 N–H and O–H groups in total. The average Bonchev–Trinajstić information content (AvgIpc) is 2.41. The molecule has 0 unspecified atom stereocenters. The fourth-order valence-corrected chi connectivity index (χ4v) is 2.13. The summed E-state index contributed by atoms with van der Waals surface area (Å²) in [6.07, 6.45) is 3.64. The summed E-state index contributed by atoms with van der Waals surface area (Å²) in [5, 5.41) is 0. The fourth-order valence-electron chi connectivity index (χ4n) is 2.13. The van der Waals surface area contributed by atoms with E-state index in [0.717, 1.165) is 6.42 Å². The van der Waals surface area contributed by atoms with E-state index in [1.807, 2.05) is 34.6 Å². The molecule has 0 aliphatic rings. The molecule has 0 aliphatic heterocycles. The molecule has 128 valence electrons. The number of hydrogen-bond donors (Lipinski definition) is 0. The van der Waals surface area contributed by atoms with Gasteiger partial charge in [-0.1, -0.05) is 52.3 Å². The predicted molar refractivity (Wildman–Crippen MR) is 97.4 cm³/mol. The third-order valence-electron chi connectivity index (χ3n) is 2.84. The van der Waals surface area contributed by atoms with Crippen LogP contribution in [0.15, 0.2) is 18.2 Å². The number of ether oxygens (including phenoxy) is 1. The van der Waals surface area contributed by atoms with Gasteiger partial charge in [0.15, 0.2) is 0 Å². The van der Waals surface area contributed by atoms with Gasteiger partial charge in [-0.3, -0.25) is 4.79 Å². The molecule has 0 atom stereocenters. The Kier molecular flexibility index (Phi) is 12.8. The Hall–Kier alpha value is -1.31. The lowest BCUT2D eigenvalue weighted by atomic mass is 9.97. The molecule has 0 saturated heterocycles. The highest BCUT2D eigenvalue weighted by Gasteiger charge is 2.11. The van der Waals surface area contributed by atoms with Gasteiger partial charge in [-0.2, -0.15) is 0 Å². The second-order valence-corrected chi connectivity index (χ2v) is 6.02. The van der Waals surface area contributed by atoms with Crippen molar-refractivity contribution in [2.45, 2.75) is 87.2 Å². The van der Waals surface area contributed by atoms with Crippen LogP contribution in [0.2, 0.25) is 0 Å². The molecule has 0 amide bonds. The average molecular weight is 309 g/mol. The Morgan fingerprint density at radius 1 is 1.14 bits per heavy atom. The number of carbonyl (C=O) groups excluding carboxylic acids is 1. The van der Waals surface area contributed by atoms with Crippen LogP contribution in [0, 0.1) is 6.92 Å². The predicted octanol–water partition coefficient (Wildman–Crippen LogP) is 5.88. The lowest BCUT2D eigenvalue weighted by molar-refractivity contribution is -0.151. The van der Waals surface area contributed by atoms with Crippen LogP contribution in [0.5, 0.6) is 0 Å². The van der Waals surface area contributed by atoms with E-state index in [0.29, 0.717) is 0 Å². The number of benzene rings is 1. The Bertz CT molecular complexity index is 414. The second-order valence-electron chi connectivity index (χ2n) is 6.02. The van der Waals surface area contributed by atoms with Gasteiger partial charge in [-0.15, -0.1) is 0 Å². The molecule has 0 saturated carbocycles. The highest BCUT2D eigenvalue weighted by molar-refractivity contribution is 5.66. The van der Waals surface area contributed by atoms with Crippen molar-refractivity contribution in [3.63, 3.8) is 0 Å². The van der Waals surface area contributed by atoms with E-state index in [1.165, 1.54) is 30.9 Å². The van der Waals surface area contributed by atoms with Crippen molar-refractivity contribution >= 4 is 5.97 Å². The Labute approximate surface area is 138 Å². The van der Waals surface area contributed by atoms with Crippen LogP contribution < -0.4 is 0 Å². The zero-order valence-electron chi connectivity index (χ0n) is 16.2. The maximum Gasteiger partial charge on any atom is 0.303 e. The molecule has 1 aromatic carbocycles. The highest BCUT2D eigenvalue weighted by atomic mass is 16.6. The summed E-state index contributed by atoms with van der Waals surface area (Å²) < 4.78 is 4.80. The van der Waals surface area contributed by atoms with Gasteiger partial charge in [0.25, 0.3) is 0 Å². The highest BCUT2D eigenvalue weighted by Crippen LogP contribution is 2.16. The third kappa shape index (κ3) is 11.4. The molecular weight excluding hydrogens is 272 g/mol. The smallest absolute Gasteiger partial charge is 0.303 e. The van der Waals surface area contributed by atoms with Crippen LogP contribution >= 0.6 is 0 Å². The van der Waals surface area contributed by atoms with Crippen molar-refractivity contribution in [1.29, 1.82) is 0 Å². The molecule has 0 fully saturated rings. The van der Waals surface area contributed by atoms with E-state index < -0.39 is 0 Å². The van der Waals surface area contributed by atoms with Gasteiger partial charge in [0.2, 0.25) is 0 Å². The van der Waals surface area contributed by atoms with E-state index in [2.05, 4.69) is 39.0 Å². The quantitative estimate of drug-likeness (QED) is 0.651. The fraction of sp³-hybridized carbons (Fsp3) is 0.650. The van der Waals surface area contributed by atoms with Gasteiger partial charge in [-0.05, 0) is 57.2 Å². The lowest BCUT2D eigenvalue weighted by Gasteiger charge is -2.17. The zero-order valence-corrected chi connectivity index (χ0v) is 16.2. The molecule has 1 rings (SSSR count). The minimum atomic E-state index is -0.328. The van der Waals surface area contributed by atoms with Crippen LogP contribution in [0.1, 0.15) is 78.5 Å². The minimum absolute atomic E-state index is 0.225. The molecule has 22 heavy (non-hydrogen) atoms. The van der Waals surface area contributed by atoms with Gasteiger partial charge in [-0.25, -0.2) is 0 Å². The number of carbonyl (C=O) groups is 1. The first-order chi connectivity index (χ1) is 10.2. The summed E-state index contributed by atoms with van der Waals surface area (Å²) in [7, 11) is 0. The largest absolute Gasteiger partial charge is 0.460 e. The SMILES string of the molecule is CC.CC(=O)OC(C)(C)C.CCCc1c(C)cccc1CC. The first-order valence-corrected chi connectivity index (χ1v) is 8.48. The maximum atomic E-state index is 10.2. The van der Waals surface area contributed by atoms with E-state index in [9.17, 15) is 4.79 Å². The van der Waals surface area contributed by atoms with Crippen molar-refractivity contribution < 1.29 is 9.53 Å². The molecule has 0 aromatic heterocycles. The Morgan fingerprint density at radius 2 is 1.68 bits per heavy atom. The summed E-state index contributed by atoms with van der Waals surface area (Å²) in [5.74, 6) is -0.225. The van der Waals surface area contributed by atoms with Gasteiger partial charge in [0.05, 0.1) is 0 Å². The van der Waals surface area contributed by atoms with Gasteiger partial charge in [0, 0.05) is 6.92 Å². The van der Waals surface area contributed by atoms with E-state index in [-0.39, 0.29) is 11.6 Å². The van der Waals surface area contributed by atoms with Crippen LogP contribution in [-0.2, 0) is 22.4 Å². The van der Waals surface area contributed by atoms with Crippen LogP contribution in [0.25, 0.3) is 0 Å². The van der Waals surface area contributed by atoms with Crippen molar-refractivity contribution in [3.8, 4) is 0 Å². The third-order valence-corrected chi connectivity index (χ3v) is 2.84. The van der Waals surface area contributed by atoms with Crippen molar-refractivity contribution in [1.82, 2.24) is 0 Å². The number of esters is 1. The van der Waals surface area contributed by atoms with E-state index in [4.69, 9.17) is 4.74 Å². The summed E-state index contributed by atoms with van der Waals surface area (Å²) >= 11 is 0. The van der Waals surface area contributed by atoms with Crippen LogP contribution in [0.4, 0.5) is 0 Å². The molecule has 2 heteroatoms. The number of rotatable bonds is 3. The minimum Gasteiger partial charge on any atom is -0.460 e. The molecular formula is C20H36O2. The van der Waals surface area contributed by atoms with Crippen molar-refractivity contribution in [2.75, 3.05) is 0 Å². The van der Waals surface area contributed by atoms with Gasteiger partial charge in [0.1, 0.15) is 5.60 Å². The molecule has 0 heterocycles. The Morgan fingerprint density at radius 3 is 2.00 bits per heavy atom. The van der Waals surface area contributed by atoms with E-state index >= 15 is 0 Å². The summed E-state index contributed by atoms with van der Waals surface area (Å²) in [4.78, 5) is 10.2. The van der Waals surface area contributed by atoms with Gasteiger partial charge >= 0.3 is 5.97 Å².